The van der Waals surface area contributed by atoms with Crippen molar-refractivity contribution in [3.8, 4) is 0 Å². The second-order valence-corrected chi connectivity index (χ2v) is 18.5. The first-order valence-electron chi connectivity index (χ1n) is 17.1. The molecule has 3 heterocycles. The van der Waals surface area contributed by atoms with Gasteiger partial charge in [0.15, 0.2) is 19.7 Å². The van der Waals surface area contributed by atoms with Crippen LogP contribution in [0.15, 0.2) is 78.9 Å². The number of hydrogen-bond acceptors (Lipinski definition) is 8. The van der Waals surface area contributed by atoms with Crippen molar-refractivity contribution >= 4 is 25.6 Å². The number of amides is 1. The zero-order valence-electron chi connectivity index (χ0n) is 28.3. The van der Waals surface area contributed by atoms with Gasteiger partial charge in [0.05, 0.1) is 17.1 Å². The molecule has 3 aromatic carbocycles. The van der Waals surface area contributed by atoms with Gasteiger partial charge in [0.25, 0.3) is 0 Å². The first-order chi connectivity index (χ1) is 23.8. The summed E-state index contributed by atoms with van der Waals surface area (Å²) in [5.74, 6) is -2.01. The number of hydrogen-bond donors (Lipinski definition) is 3. The fourth-order valence-corrected chi connectivity index (χ4v) is 12.9. The lowest BCUT2D eigenvalue weighted by molar-refractivity contribution is -0.130. The van der Waals surface area contributed by atoms with E-state index in [1.807, 2.05) is 0 Å². The molecule has 3 aliphatic rings. The Morgan fingerprint density at radius 3 is 1.74 bits per heavy atom. The molecular weight excluding hydrogens is 685 g/mol. The molecule has 3 aromatic rings. The van der Waals surface area contributed by atoms with Crippen LogP contribution in [0.1, 0.15) is 76.8 Å². The smallest absolute Gasteiger partial charge is 0.226 e. The molecule has 13 heteroatoms. The molecule has 0 aliphatic carbocycles. The number of carbonyl (C=O) groups excluding carboxylic acids is 1. The molecule has 0 aromatic heterocycles. The van der Waals surface area contributed by atoms with Crippen LogP contribution >= 0.6 is 0 Å². The molecule has 0 radical (unpaired) electrons. The highest BCUT2D eigenvalue weighted by Crippen LogP contribution is 2.45. The lowest BCUT2D eigenvalue weighted by Crippen LogP contribution is -2.54. The van der Waals surface area contributed by atoms with E-state index in [4.69, 9.17) is 0 Å². The molecule has 0 spiro atoms. The number of rotatable bonds is 9. The fourth-order valence-electron chi connectivity index (χ4n) is 8.16. The third-order valence-corrected chi connectivity index (χ3v) is 16.3. The summed E-state index contributed by atoms with van der Waals surface area (Å²) in [6.45, 7) is 3.24. The molecule has 6 unspecified atom stereocenters. The van der Waals surface area contributed by atoms with E-state index in [0.29, 0.717) is 24.1 Å². The van der Waals surface area contributed by atoms with Gasteiger partial charge >= 0.3 is 0 Å². The molecule has 3 fully saturated rings. The molecule has 50 heavy (non-hydrogen) atoms. The maximum atomic E-state index is 17.2. The minimum absolute atomic E-state index is 0.0519. The highest BCUT2D eigenvalue weighted by atomic mass is 32.2. The summed E-state index contributed by atoms with van der Waals surface area (Å²) in [6.07, 6.45) is -3.81. The van der Waals surface area contributed by atoms with Crippen LogP contribution in [-0.4, -0.2) is 88.6 Å². The molecule has 270 valence electrons. The first-order valence-corrected chi connectivity index (χ1v) is 20.3. The van der Waals surface area contributed by atoms with Crippen molar-refractivity contribution in [2.75, 3.05) is 33.3 Å². The number of benzene rings is 3. The van der Waals surface area contributed by atoms with Gasteiger partial charge < -0.3 is 20.6 Å². The monoisotopic (exact) mass is 729 g/mol. The number of nitrogens with one attached hydrogen (secondary N) is 2. The average Bonchev–Trinajstić information content (AvgIpc) is 3.42. The van der Waals surface area contributed by atoms with E-state index in [2.05, 4.69) is 10.6 Å². The van der Waals surface area contributed by atoms with Gasteiger partial charge in [-0.25, -0.2) is 25.6 Å². The van der Waals surface area contributed by atoms with Crippen molar-refractivity contribution in [2.24, 2.45) is 5.92 Å². The molecule has 1 amide bonds. The fraction of sp³-hybridized carbons (Fsp3) is 0.486. The summed E-state index contributed by atoms with van der Waals surface area (Å²) >= 11 is 0. The first kappa shape index (κ1) is 36.6. The summed E-state index contributed by atoms with van der Waals surface area (Å²) in [7, 11) is -6.60. The van der Waals surface area contributed by atoms with Crippen LogP contribution in [0.25, 0.3) is 0 Å². The number of aliphatic hydroxyl groups is 1. The zero-order valence-corrected chi connectivity index (χ0v) is 30.0. The number of halogens is 2. The molecular formula is C37H45F2N3O6S2. The topological polar surface area (TPSA) is 133 Å². The van der Waals surface area contributed by atoms with Gasteiger partial charge in [0.1, 0.15) is 22.8 Å². The summed E-state index contributed by atoms with van der Waals surface area (Å²) in [5.41, 5.74) is 1.04. The van der Waals surface area contributed by atoms with E-state index < -0.39 is 83.5 Å². The molecule has 3 N–H and O–H groups in total. The van der Waals surface area contributed by atoms with Crippen LogP contribution in [0.4, 0.5) is 8.78 Å². The van der Waals surface area contributed by atoms with E-state index in [1.165, 1.54) is 23.1 Å². The number of carbonyl (C=O) groups is 1. The number of nitrogens with zero attached hydrogens (tertiary/aromatic N) is 1. The largest absolute Gasteiger partial charge is 0.396 e. The van der Waals surface area contributed by atoms with Gasteiger partial charge in [0, 0.05) is 50.6 Å². The number of alkyl halides is 2. The molecule has 0 saturated carbocycles. The van der Waals surface area contributed by atoms with E-state index in [0.717, 1.165) is 0 Å². The van der Waals surface area contributed by atoms with Gasteiger partial charge in [-0.1, -0.05) is 78.9 Å². The Kier molecular flexibility index (Phi) is 10.5. The predicted molar refractivity (Wildman–Crippen MR) is 188 cm³/mol. The molecule has 10 atom stereocenters. The second-order valence-electron chi connectivity index (χ2n) is 13.9. The third kappa shape index (κ3) is 6.51. The number of sulfone groups is 2. The summed E-state index contributed by atoms with van der Waals surface area (Å²) in [6, 6.07) is 19.6. The Morgan fingerprint density at radius 2 is 1.28 bits per heavy atom. The van der Waals surface area contributed by atoms with E-state index in [-0.39, 0.29) is 35.7 Å². The van der Waals surface area contributed by atoms with Gasteiger partial charge in [0.2, 0.25) is 5.91 Å². The normalized spacial score (nSPS) is 31.2. The van der Waals surface area contributed by atoms with Gasteiger partial charge in [-0.15, -0.1) is 0 Å². The Hall–Kier alpha value is -3.23. The van der Waals surface area contributed by atoms with Gasteiger partial charge in [-0.2, -0.15) is 0 Å². The molecule has 6 rings (SSSR count). The molecule has 3 aliphatic heterocycles. The van der Waals surface area contributed by atoms with E-state index in [9.17, 15) is 26.7 Å². The van der Waals surface area contributed by atoms with Crippen molar-refractivity contribution in [1.29, 1.82) is 0 Å². The lowest BCUT2D eigenvalue weighted by atomic mass is 9.80. The Morgan fingerprint density at radius 1 is 0.780 bits per heavy atom. The number of likely N-dealkylation sites (tertiary alicyclic amines) is 1. The maximum absolute atomic E-state index is 17.2. The van der Waals surface area contributed by atoms with Gasteiger partial charge in [-0.05, 0) is 48.1 Å². The maximum Gasteiger partial charge on any atom is 0.226 e. The summed E-state index contributed by atoms with van der Waals surface area (Å²) < 4.78 is 90.4. The van der Waals surface area contributed by atoms with Crippen LogP contribution < -0.4 is 10.6 Å². The average molecular weight is 730 g/mol. The third-order valence-electron chi connectivity index (χ3n) is 11.0. The van der Waals surface area contributed by atoms with Gasteiger partial charge in [-0.3, -0.25) is 4.79 Å². The molecule has 3 saturated heterocycles. The van der Waals surface area contributed by atoms with Crippen molar-refractivity contribution in [3.63, 3.8) is 0 Å². The predicted octanol–water partition coefficient (Wildman–Crippen LogP) is 4.29. The number of aliphatic hydroxyl groups excluding tert-OH is 1. The Balaban J connectivity index is 1.43. The molecule has 0 bridgehead atoms. The second kappa shape index (κ2) is 14.4. The lowest BCUT2D eigenvalue weighted by Gasteiger charge is -2.38. The van der Waals surface area contributed by atoms with Crippen LogP contribution in [0.5, 0.6) is 0 Å². The molecule has 9 nitrogen and oxygen atoms in total. The summed E-state index contributed by atoms with van der Waals surface area (Å²) in [5, 5.41) is 12.0. The van der Waals surface area contributed by atoms with E-state index in [1.54, 1.807) is 81.6 Å². The van der Waals surface area contributed by atoms with Crippen LogP contribution in [0, 0.1) is 5.92 Å². The Bertz CT molecular complexity index is 1900. The highest BCUT2D eigenvalue weighted by molar-refractivity contribution is 7.92. The SMILES string of the molecule is C[C@@H]1NC[C@@H](c2ccccc2)S(=O)(=O)C1C(F)c1ccc(C(F)C2[C@H](C)NC[C@@H](c3ccccc3)S2(=O)=O)c(C(CO)C2CCN(C)C2=O)c1. The highest BCUT2D eigenvalue weighted by Gasteiger charge is 2.50. The quantitative estimate of drug-likeness (QED) is 0.297. The van der Waals surface area contributed by atoms with Crippen LogP contribution in [0.2, 0.25) is 0 Å². The van der Waals surface area contributed by atoms with Crippen molar-refractivity contribution < 1.29 is 35.5 Å². The summed E-state index contributed by atoms with van der Waals surface area (Å²) in [4.78, 5) is 14.7. The Labute approximate surface area is 293 Å². The van der Waals surface area contributed by atoms with Crippen LogP contribution in [0.3, 0.4) is 0 Å². The zero-order chi connectivity index (χ0) is 36.0. The van der Waals surface area contributed by atoms with Crippen LogP contribution in [-0.2, 0) is 24.5 Å². The minimum Gasteiger partial charge on any atom is -0.396 e. The van der Waals surface area contributed by atoms with Crippen molar-refractivity contribution in [1.82, 2.24) is 15.5 Å². The minimum atomic E-state index is -4.14. The van der Waals surface area contributed by atoms with Crippen molar-refractivity contribution in [2.45, 2.75) is 71.6 Å². The standard InChI is InChI=1S/C37H45F2N3O6S2/c1-22-35(49(45,46)31(19-40-22)24-10-6-4-7-11-24)33(38)26-14-15-27(29(18-26)30(21-43)28-16-17-42(3)37(28)44)34(39)36-23(2)41-20-32(50(36,47)48)25-12-8-5-9-13-25/h4-15,18,22-23,28,30-36,40-41,43H,16-17,19-21H2,1-3H3/t22-,23-,28?,30?,31-,32-,33?,34?,35?,36?/m0/s1. The van der Waals surface area contributed by atoms with E-state index >= 15 is 8.78 Å². The van der Waals surface area contributed by atoms with Crippen molar-refractivity contribution in [3.05, 3.63) is 107 Å².